The predicted molar refractivity (Wildman–Crippen MR) is 42.4 cm³/mol. The number of aromatic nitrogens is 1. The number of ether oxygens (including phenoxy) is 1. The summed E-state index contributed by atoms with van der Waals surface area (Å²) >= 11 is 0. The number of rotatable bonds is 1. The lowest BCUT2D eigenvalue weighted by Gasteiger charge is -2.37. The highest BCUT2D eigenvalue weighted by Gasteiger charge is 2.36. The van der Waals surface area contributed by atoms with Crippen LogP contribution >= 0.6 is 0 Å². The van der Waals surface area contributed by atoms with E-state index in [1.54, 1.807) is 0 Å². The zero-order chi connectivity index (χ0) is 7.73. The van der Waals surface area contributed by atoms with Gasteiger partial charge in [-0.1, -0.05) is 6.07 Å². The Morgan fingerprint density at radius 1 is 1.45 bits per heavy atom. The standard InChI is InChI=1S/C9H11NO/c1-9(6-11-7-9)8-4-2-3-5-10-8/h2-5H,6-7H2,1H3. The monoisotopic (exact) mass is 149 g/mol. The van der Waals surface area contributed by atoms with Crippen LogP contribution in [0.25, 0.3) is 0 Å². The molecule has 1 aromatic heterocycles. The largest absolute Gasteiger partial charge is 0.379 e. The van der Waals surface area contributed by atoms with Crippen LogP contribution in [-0.2, 0) is 10.2 Å². The molecule has 1 saturated heterocycles. The minimum absolute atomic E-state index is 0.182. The van der Waals surface area contributed by atoms with Crippen LogP contribution in [0.15, 0.2) is 24.4 Å². The van der Waals surface area contributed by atoms with E-state index < -0.39 is 0 Å². The van der Waals surface area contributed by atoms with E-state index >= 15 is 0 Å². The van der Waals surface area contributed by atoms with Gasteiger partial charge in [-0.15, -0.1) is 0 Å². The van der Waals surface area contributed by atoms with Crippen LogP contribution < -0.4 is 0 Å². The molecule has 0 N–H and O–H groups in total. The number of hydrogen-bond acceptors (Lipinski definition) is 2. The third-order valence-corrected chi connectivity index (χ3v) is 2.12. The zero-order valence-electron chi connectivity index (χ0n) is 6.58. The Hall–Kier alpha value is -0.890. The number of hydrogen-bond donors (Lipinski definition) is 0. The van der Waals surface area contributed by atoms with E-state index in [9.17, 15) is 0 Å². The predicted octanol–water partition coefficient (Wildman–Crippen LogP) is 1.37. The van der Waals surface area contributed by atoms with Gasteiger partial charge in [0.05, 0.1) is 24.3 Å². The van der Waals surface area contributed by atoms with Gasteiger partial charge in [-0.2, -0.15) is 0 Å². The van der Waals surface area contributed by atoms with Gasteiger partial charge in [0.2, 0.25) is 0 Å². The van der Waals surface area contributed by atoms with Crippen molar-refractivity contribution < 1.29 is 4.74 Å². The summed E-state index contributed by atoms with van der Waals surface area (Å²) in [6.45, 7) is 3.80. The first kappa shape index (κ1) is 6.80. The van der Waals surface area contributed by atoms with Gasteiger partial charge < -0.3 is 4.74 Å². The van der Waals surface area contributed by atoms with Gasteiger partial charge in [-0.3, -0.25) is 4.98 Å². The zero-order valence-corrected chi connectivity index (χ0v) is 6.58. The quantitative estimate of drug-likeness (QED) is 0.601. The summed E-state index contributed by atoms with van der Waals surface area (Å²) in [6, 6.07) is 6.01. The average molecular weight is 149 g/mol. The summed E-state index contributed by atoms with van der Waals surface area (Å²) in [4.78, 5) is 4.29. The molecular weight excluding hydrogens is 138 g/mol. The third kappa shape index (κ3) is 1.03. The molecule has 0 unspecified atom stereocenters. The molecule has 0 saturated carbocycles. The molecule has 1 aromatic rings. The van der Waals surface area contributed by atoms with Gasteiger partial charge in [0.15, 0.2) is 0 Å². The number of pyridine rings is 1. The Bertz CT molecular complexity index is 241. The van der Waals surface area contributed by atoms with Gasteiger partial charge >= 0.3 is 0 Å². The van der Waals surface area contributed by atoms with E-state index in [-0.39, 0.29) is 5.41 Å². The first-order valence-corrected chi connectivity index (χ1v) is 3.80. The molecule has 1 aliphatic rings. The van der Waals surface area contributed by atoms with Crippen LogP contribution in [0.2, 0.25) is 0 Å². The molecule has 0 bridgehead atoms. The van der Waals surface area contributed by atoms with E-state index in [2.05, 4.69) is 18.0 Å². The Balaban J connectivity index is 2.29. The summed E-state index contributed by atoms with van der Waals surface area (Å²) in [7, 11) is 0. The molecule has 0 aliphatic carbocycles. The summed E-state index contributed by atoms with van der Waals surface area (Å²) in [5, 5.41) is 0. The smallest absolute Gasteiger partial charge is 0.0598 e. The van der Waals surface area contributed by atoms with Crippen molar-refractivity contribution in [2.45, 2.75) is 12.3 Å². The summed E-state index contributed by atoms with van der Waals surface area (Å²) in [6.07, 6.45) is 1.83. The second kappa shape index (κ2) is 2.31. The van der Waals surface area contributed by atoms with Crippen LogP contribution in [0.3, 0.4) is 0 Å². The maximum Gasteiger partial charge on any atom is 0.0598 e. The highest BCUT2D eigenvalue weighted by molar-refractivity contribution is 5.18. The molecule has 0 amide bonds. The molecule has 0 spiro atoms. The molecular formula is C9H11NO. The van der Waals surface area contributed by atoms with E-state index in [0.717, 1.165) is 18.9 Å². The van der Waals surface area contributed by atoms with Crippen LogP contribution in [0.5, 0.6) is 0 Å². The van der Waals surface area contributed by atoms with Gasteiger partial charge in [0.1, 0.15) is 0 Å². The van der Waals surface area contributed by atoms with Crippen molar-refractivity contribution in [3.8, 4) is 0 Å². The molecule has 11 heavy (non-hydrogen) atoms. The van der Waals surface area contributed by atoms with Crippen molar-refractivity contribution in [1.82, 2.24) is 4.98 Å². The maximum absolute atomic E-state index is 5.15. The maximum atomic E-state index is 5.15. The van der Waals surface area contributed by atoms with Gasteiger partial charge in [-0.25, -0.2) is 0 Å². The molecule has 2 heteroatoms. The third-order valence-electron chi connectivity index (χ3n) is 2.12. The lowest BCUT2D eigenvalue weighted by Crippen LogP contribution is -2.44. The first-order chi connectivity index (χ1) is 5.31. The highest BCUT2D eigenvalue weighted by atomic mass is 16.5. The molecule has 0 atom stereocenters. The summed E-state index contributed by atoms with van der Waals surface area (Å²) < 4.78 is 5.15. The molecule has 0 radical (unpaired) electrons. The molecule has 2 heterocycles. The Labute approximate surface area is 66.2 Å². The van der Waals surface area contributed by atoms with Crippen molar-refractivity contribution >= 4 is 0 Å². The minimum atomic E-state index is 0.182. The van der Waals surface area contributed by atoms with E-state index in [1.807, 2.05) is 18.3 Å². The van der Waals surface area contributed by atoms with Gasteiger partial charge in [0, 0.05) is 6.20 Å². The second-order valence-electron chi connectivity index (χ2n) is 3.27. The van der Waals surface area contributed by atoms with Crippen LogP contribution in [0, 0.1) is 0 Å². The topological polar surface area (TPSA) is 22.1 Å². The molecule has 58 valence electrons. The van der Waals surface area contributed by atoms with Gasteiger partial charge in [-0.05, 0) is 19.1 Å². The number of nitrogens with zero attached hydrogens (tertiary/aromatic N) is 1. The molecule has 1 aliphatic heterocycles. The van der Waals surface area contributed by atoms with Crippen LogP contribution in [-0.4, -0.2) is 18.2 Å². The Morgan fingerprint density at radius 3 is 2.73 bits per heavy atom. The van der Waals surface area contributed by atoms with E-state index in [0.29, 0.717) is 0 Å². The van der Waals surface area contributed by atoms with Gasteiger partial charge in [0.25, 0.3) is 0 Å². The summed E-state index contributed by atoms with van der Waals surface area (Å²) in [5.41, 5.74) is 1.33. The fraction of sp³-hybridized carbons (Fsp3) is 0.444. The van der Waals surface area contributed by atoms with Crippen molar-refractivity contribution in [2.75, 3.05) is 13.2 Å². The fourth-order valence-corrected chi connectivity index (χ4v) is 1.28. The lowest BCUT2D eigenvalue weighted by atomic mass is 9.84. The first-order valence-electron chi connectivity index (χ1n) is 3.80. The van der Waals surface area contributed by atoms with Crippen molar-refractivity contribution in [3.63, 3.8) is 0 Å². The van der Waals surface area contributed by atoms with Crippen LogP contribution in [0.4, 0.5) is 0 Å². The molecule has 0 aromatic carbocycles. The molecule has 2 rings (SSSR count). The Morgan fingerprint density at radius 2 is 2.27 bits per heavy atom. The summed E-state index contributed by atoms with van der Waals surface area (Å²) in [5.74, 6) is 0. The molecule has 1 fully saturated rings. The molecule has 2 nitrogen and oxygen atoms in total. The van der Waals surface area contributed by atoms with Crippen molar-refractivity contribution in [2.24, 2.45) is 0 Å². The van der Waals surface area contributed by atoms with Crippen molar-refractivity contribution in [1.29, 1.82) is 0 Å². The highest BCUT2D eigenvalue weighted by Crippen LogP contribution is 2.29. The van der Waals surface area contributed by atoms with Crippen molar-refractivity contribution in [3.05, 3.63) is 30.1 Å². The Kier molecular flexibility index (Phi) is 1.43. The van der Waals surface area contributed by atoms with E-state index in [4.69, 9.17) is 4.74 Å². The fourth-order valence-electron chi connectivity index (χ4n) is 1.28. The van der Waals surface area contributed by atoms with Crippen LogP contribution in [0.1, 0.15) is 12.6 Å². The lowest BCUT2D eigenvalue weighted by molar-refractivity contribution is -0.0520. The average Bonchev–Trinajstić information content (AvgIpc) is 2.02. The minimum Gasteiger partial charge on any atom is -0.379 e. The SMILES string of the molecule is CC1(c2ccccn2)COC1. The second-order valence-corrected chi connectivity index (χ2v) is 3.27. The normalized spacial score (nSPS) is 20.8. The van der Waals surface area contributed by atoms with E-state index in [1.165, 1.54) is 0 Å².